The lowest BCUT2D eigenvalue weighted by atomic mass is 10.3. The first-order chi connectivity index (χ1) is 8.06. The fourth-order valence-corrected chi connectivity index (χ4v) is 2.34. The monoisotopic (exact) mass is 362 g/mol. The number of carbonyl (C=O) groups excluding carboxylic acids is 1. The third-order valence-electron chi connectivity index (χ3n) is 2.04. The molecule has 0 amide bonds. The smallest absolute Gasteiger partial charge is 0.333 e. The fourth-order valence-electron chi connectivity index (χ4n) is 1.11. The van der Waals surface area contributed by atoms with Gasteiger partial charge in [0.05, 0.1) is 16.1 Å². The molecule has 0 aromatic heterocycles. The molecule has 3 nitrogen and oxygen atoms in total. The standard InChI is InChI=1S/C12H12Br2O3/c1-8(12(15)16-2)6-7-17-11-9(13)4-3-5-10(11)14/h3-6H,7H2,1-2H3. The van der Waals surface area contributed by atoms with Gasteiger partial charge in [0.2, 0.25) is 0 Å². The molecule has 92 valence electrons. The van der Waals surface area contributed by atoms with E-state index in [0.29, 0.717) is 17.9 Å². The van der Waals surface area contributed by atoms with Crippen LogP contribution in [-0.4, -0.2) is 19.7 Å². The minimum Gasteiger partial charge on any atom is -0.487 e. The number of ether oxygens (including phenoxy) is 2. The molecule has 0 aliphatic rings. The molecule has 0 saturated carbocycles. The van der Waals surface area contributed by atoms with Gasteiger partial charge in [-0.3, -0.25) is 0 Å². The van der Waals surface area contributed by atoms with E-state index >= 15 is 0 Å². The van der Waals surface area contributed by atoms with Crippen LogP contribution in [0.25, 0.3) is 0 Å². The summed E-state index contributed by atoms with van der Waals surface area (Å²) < 4.78 is 11.9. The van der Waals surface area contributed by atoms with E-state index in [1.165, 1.54) is 7.11 Å². The van der Waals surface area contributed by atoms with Crippen molar-refractivity contribution in [1.82, 2.24) is 0 Å². The molecule has 0 spiro atoms. The van der Waals surface area contributed by atoms with E-state index in [4.69, 9.17) is 4.74 Å². The van der Waals surface area contributed by atoms with Gasteiger partial charge in [0.1, 0.15) is 12.4 Å². The second-order valence-electron chi connectivity index (χ2n) is 3.24. The number of hydrogen-bond acceptors (Lipinski definition) is 3. The van der Waals surface area contributed by atoms with E-state index in [2.05, 4.69) is 36.6 Å². The van der Waals surface area contributed by atoms with Crippen molar-refractivity contribution in [2.24, 2.45) is 0 Å². The summed E-state index contributed by atoms with van der Waals surface area (Å²) in [4.78, 5) is 11.1. The van der Waals surface area contributed by atoms with E-state index in [1.807, 2.05) is 18.2 Å². The molecule has 0 N–H and O–H groups in total. The van der Waals surface area contributed by atoms with Crippen LogP contribution in [0.2, 0.25) is 0 Å². The predicted octanol–water partition coefficient (Wildman–Crippen LogP) is 3.71. The van der Waals surface area contributed by atoms with Gasteiger partial charge < -0.3 is 9.47 Å². The number of carbonyl (C=O) groups is 1. The lowest BCUT2D eigenvalue weighted by molar-refractivity contribution is -0.136. The van der Waals surface area contributed by atoms with Crippen LogP contribution in [-0.2, 0) is 9.53 Å². The molecule has 1 aromatic rings. The number of benzene rings is 1. The molecule has 0 aliphatic heterocycles. The summed E-state index contributed by atoms with van der Waals surface area (Å²) in [7, 11) is 1.35. The maximum atomic E-state index is 11.1. The van der Waals surface area contributed by atoms with E-state index in [1.54, 1.807) is 13.0 Å². The van der Waals surface area contributed by atoms with Crippen molar-refractivity contribution in [3.8, 4) is 5.75 Å². The lowest BCUT2D eigenvalue weighted by Gasteiger charge is -2.08. The van der Waals surface area contributed by atoms with Gasteiger partial charge >= 0.3 is 5.97 Å². The first-order valence-electron chi connectivity index (χ1n) is 4.88. The summed E-state index contributed by atoms with van der Waals surface area (Å²) in [6, 6.07) is 5.67. The molecule has 5 heteroatoms. The zero-order chi connectivity index (χ0) is 12.8. The van der Waals surface area contributed by atoms with Crippen molar-refractivity contribution >= 4 is 37.8 Å². The second-order valence-corrected chi connectivity index (χ2v) is 4.95. The zero-order valence-electron chi connectivity index (χ0n) is 9.50. The Bertz CT molecular complexity index is 421. The van der Waals surface area contributed by atoms with E-state index in [9.17, 15) is 4.79 Å². The van der Waals surface area contributed by atoms with Crippen LogP contribution >= 0.6 is 31.9 Å². The molecular weight excluding hydrogens is 352 g/mol. The average Bonchev–Trinajstić information content (AvgIpc) is 2.31. The molecular formula is C12H12Br2O3. The topological polar surface area (TPSA) is 35.5 Å². The zero-order valence-corrected chi connectivity index (χ0v) is 12.7. The first kappa shape index (κ1) is 14.3. The quantitative estimate of drug-likeness (QED) is 0.604. The van der Waals surface area contributed by atoms with Crippen LogP contribution < -0.4 is 4.74 Å². The van der Waals surface area contributed by atoms with Gasteiger partial charge in [0.25, 0.3) is 0 Å². The molecule has 0 unspecified atom stereocenters. The molecule has 0 radical (unpaired) electrons. The van der Waals surface area contributed by atoms with Gasteiger partial charge in [0, 0.05) is 5.57 Å². The third kappa shape index (κ3) is 4.16. The van der Waals surface area contributed by atoms with Crippen LogP contribution in [0, 0.1) is 0 Å². The number of esters is 1. The molecule has 0 aliphatic carbocycles. The van der Waals surface area contributed by atoms with Gasteiger partial charge in [0.15, 0.2) is 0 Å². The van der Waals surface area contributed by atoms with Crippen LogP contribution in [0.15, 0.2) is 38.8 Å². The Labute approximate surface area is 117 Å². The van der Waals surface area contributed by atoms with Crippen molar-refractivity contribution in [3.05, 3.63) is 38.8 Å². The SMILES string of the molecule is COC(=O)C(C)=CCOc1c(Br)cccc1Br. The van der Waals surface area contributed by atoms with Gasteiger partial charge in [-0.25, -0.2) is 4.79 Å². The number of methoxy groups -OCH3 is 1. The minimum atomic E-state index is -0.347. The summed E-state index contributed by atoms with van der Waals surface area (Å²) in [5, 5.41) is 0. The minimum absolute atomic E-state index is 0.308. The van der Waals surface area contributed by atoms with Crippen molar-refractivity contribution in [2.45, 2.75) is 6.92 Å². The van der Waals surface area contributed by atoms with Crippen molar-refractivity contribution in [1.29, 1.82) is 0 Å². The molecule has 0 bridgehead atoms. The van der Waals surface area contributed by atoms with Gasteiger partial charge in [-0.2, -0.15) is 0 Å². The maximum Gasteiger partial charge on any atom is 0.333 e. The molecule has 17 heavy (non-hydrogen) atoms. The van der Waals surface area contributed by atoms with Gasteiger partial charge in [-0.15, -0.1) is 0 Å². The molecule has 0 saturated heterocycles. The largest absolute Gasteiger partial charge is 0.487 e. The van der Waals surface area contributed by atoms with Crippen molar-refractivity contribution in [2.75, 3.05) is 13.7 Å². The summed E-state index contributed by atoms with van der Waals surface area (Å²) in [6.07, 6.45) is 1.68. The second kappa shape index (κ2) is 6.81. The number of rotatable bonds is 4. The van der Waals surface area contributed by atoms with Crippen molar-refractivity contribution in [3.63, 3.8) is 0 Å². The Kier molecular flexibility index (Phi) is 5.71. The van der Waals surface area contributed by atoms with Gasteiger partial charge in [-0.05, 0) is 57.0 Å². The highest BCUT2D eigenvalue weighted by atomic mass is 79.9. The Balaban J connectivity index is 2.66. The average molecular weight is 364 g/mol. The molecule has 1 aromatic carbocycles. The number of hydrogen-bond donors (Lipinski definition) is 0. The first-order valence-corrected chi connectivity index (χ1v) is 6.46. The highest BCUT2D eigenvalue weighted by Crippen LogP contribution is 2.32. The Hall–Kier alpha value is -0.810. The van der Waals surface area contributed by atoms with Crippen LogP contribution in [0.3, 0.4) is 0 Å². The molecule has 0 heterocycles. The highest BCUT2D eigenvalue weighted by molar-refractivity contribution is 9.11. The maximum absolute atomic E-state index is 11.1. The van der Waals surface area contributed by atoms with Crippen LogP contribution in [0.5, 0.6) is 5.75 Å². The summed E-state index contributed by atoms with van der Waals surface area (Å²) in [5.41, 5.74) is 0.524. The Morgan fingerprint density at radius 2 is 1.94 bits per heavy atom. The molecule has 0 fully saturated rings. The summed E-state index contributed by atoms with van der Waals surface area (Å²) >= 11 is 6.78. The Morgan fingerprint density at radius 3 is 2.47 bits per heavy atom. The van der Waals surface area contributed by atoms with E-state index in [0.717, 1.165) is 8.95 Å². The summed E-state index contributed by atoms with van der Waals surface area (Å²) in [5.74, 6) is 0.362. The number of para-hydroxylation sites is 1. The van der Waals surface area contributed by atoms with E-state index < -0.39 is 0 Å². The van der Waals surface area contributed by atoms with E-state index in [-0.39, 0.29) is 5.97 Å². The van der Waals surface area contributed by atoms with Crippen LogP contribution in [0.1, 0.15) is 6.92 Å². The van der Waals surface area contributed by atoms with Crippen LogP contribution in [0.4, 0.5) is 0 Å². The highest BCUT2D eigenvalue weighted by Gasteiger charge is 2.06. The van der Waals surface area contributed by atoms with Gasteiger partial charge in [-0.1, -0.05) is 6.07 Å². The summed E-state index contributed by atoms with van der Waals surface area (Å²) in [6.45, 7) is 1.99. The third-order valence-corrected chi connectivity index (χ3v) is 3.29. The Morgan fingerprint density at radius 1 is 1.35 bits per heavy atom. The normalized spacial score (nSPS) is 11.2. The molecule has 0 atom stereocenters. The fraction of sp³-hybridized carbons (Fsp3) is 0.250. The predicted molar refractivity (Wildman–Crippen MR) is 73.1 cm³/mol. The number of halogens is 2. The van der Waals surface area contributed by atoms with Crippen molar-refractivity contribution < 1.29 is 14.3 Å². The lowest BCUT2D eigenvalue weighted by Crippen LogP contribution is -2.04. The molecule has 1 rings (SSSR count).